The van der Waals surface area contributed by atoms with Gasteiger partial charge in [-0.05, 0) is 48.5 Å². The first-order valence-corrected chi connectivity index (χ1v) is 9.32. The van der Waals surface area contributed by atoms with Gasteiger partial charge in [0.25, 0.3) is 0 Å². The molecule has 1 aromatic carbocycles. The number of thioether (sulfide) groups is 1. The molecule has 0 spiro atoms. The van der Waals surface area contributed by atoms with Gasteiger partial charge in [-0.1, -0.05) is 11.8 Å². The largest absolute Gasteiger partial charge is 0.494 e. The van der Waals surface area contributed by atoms with Gasteiger partial charge in [-0.2, -0.15) is 4.68 Å². The molecule has 0 aliphatic heterocycles. The Morgan fingerprint density at radius 2 is 2.20 bits per heavy atom. The van der Waals surface area contributed by atoms with Crippen molar-refractivity contribution in [2.75, 3.05) is 11.9 Å². The van der Waals surface area contributed by atoms with Gasteiger partial charge in [0.2, 0.25) is 11.1 Å². The smallest absolute Gasteiger partial charge is 0.239 e. The Morgan fingerprint density at radius 3 is 2.88 bits per heavy atom. The molecular formula is C15H16N6O2S2. The lowest BCUT2D eigenvalue weighted by Crippen LogP contribution is -2.22. The standard InChI is InChI=1S/C15H16N6O2S2/c1-3-23-12-6-4-11(5-7-12)21-15(18-19-20-21)25-10(2)13(22)17-14-16-8-9-24-14/h4-10H,3H2,1-2H3,(H,16,17,22). The minimum Gasteiger partial charge on any atom is -0.494 e. The van der Waals surface area contributed by atoms with Gasteiger partial charge in [0.1, 0.15) is 5.75 Å². The number of rotatable bonds is 7. The van der Waals surface area contributed by atoms with Crippen LogP contribution in [0.5, 0.6) is 5.75 Å². The van der Waals surface area contributed by atoms with Crippen molar-refractivity contribution in [3.8, 4) is 11.4 Å². The van der Waals surface area contributed by atoms with Crippen molar-refractivity contribution in [3.63, 3.8) is 0 Å². The van der Waals surface area contributed by atoms with Crippen LogP contribution in [0, 0.1) is 0 Å². The van der Waals surface area contributed by atoms with E-state index in [1.165, 1.54) is 23.1 Å². The summed E-state index contributed by atoms with van der Waals surface area (Å²) in [6.07, 6.45) is 1.64. The molecule has 1 amide bonds. The fourth-order valence-corrected chi connectivity index (χ4v) is 3.31. The second kappa shape index (κ2) is 8.08. The van der Waals surface area contributed by atoms with E-state index in [-0.39, 0.29) is 11.2 Å². The number of aromatic nitrogens is 5. The predicted octanol–water partition coefficient (Wildman–Crippen LogP) is 2.64. The molecular weight excluding hydrogens is 360 g/mol. The monoisotopic (exact) mass is 376 g/mol. The minimum absolute atomic E-state index is 0.152. The van der Waals surface area contributed by atoms with E-state index in [1.54, 1.807) is 23.2 Å². The lowest BCUT2D eigenvalue weighted by atomic mass is 10.3. The Kier molecular flexibility index (Phi) is 5.61. The fourth-order valence-electron chi connectivity index (χ4n) is 1.97. The summed E-state index contributed by atoms with van der Waals surface area (Å²) < 4.78 is 7.02. The number of anilines is 1. The number of benzene rings is 1. The van der Waals surface area contributed by atoms with E-state index in [0.717, 1.165) is 11.4 Å². The molecule has 3 aromatic rings. The summed E-state index contributed by atoms with van der Waals surface area (Å²) in [4.78, 5) is 16.3. The zero-order chi connectivity index (χ0) is 17.6. The van der Waals surface area contributed by atoms with E-state index in [9.17, 15) is 4.79 Å². The third-order valence-electron chi connectivity index (χ3n) is 3.15. The van der Waals surface area contributed by atoms with Crippen LogP contribution in [0.1, 0.15) is 13.8 Å². The number of hydrogen-bond acceptors (Lipinski definition) is 8. The van der Waals surface area contributed by atoms with Crippen LogP contribution in [0.25, 0.3) is 5.69 Å². The predicted molar refractivity (Wildman–Crippen MR) is 96.4 cm³/mol. The van der Waals surface area contributed by atoms with Crippen LogP contribution in [0.2, 0.25) is 0 Å². The van der Waals surface area contributed by atoms with Crippen LogP contribution in [-0.4, -0.2) is 43.0 Å². The van der Waals surface area contributed by atoms with Crippen molar-refractivity contribution in [1.82, 2.24) is 25.2 Å². The topological polar surface area (TPSA) is 94.8 Å². The molecule has 2 heterocycles. The number of carbonyl (C=O) groups is 1. The summed E-state index contributed by atoms with van der Waals surface area (Å²) >= 11 is 2.65. The normalized spacial score (nSPS) is 11.9. The van der Waals surface area contributed by atoms with Crippen LogP contribution in [0.15, 0.2) is 41.0 Å². The number of nitrogens with one attached hydrogen (secondary N) is 1. The fraction of sp³-hybridized carbons (Fsp3) is 0.267. The van der Waals surface area contributed by atoms with E-state index in [0.29, 0.717) is 16.9 Å². The Morgan fingerprint density at radius 1 is 1.40 bits per heavy atom. The molecule has 2 aromatic heterocycles. The maximum absolute atomic E-state index is 12.2. The van der Waals surface area contributed by atoms with Crippen molar-refractivity contribution >= 4 is 34.1 Å². The zero-order valence-electron chi connectivity index (χ0n) is 13.6. The number of carbonyl (C=O) groups excluding carboxylic acids is 1. The van der Waals surface area contributed by atoms with E-state index in [2.05, 4.69) is 25.8 Å². The second-order valence-electron chi connectivity index (χ2n) is 4.89. The summed E-state index contributed by atoms with van der Waals surface area (Å²) in [6, 6.07) is 7.44. The number of tetrazole rings is 1. The highest BCUT2D eigenvalue weighted by atomic mass is 32.2. The van der Waals surface area contributed by atoms with E-state index in [1.807, 2.05) is 31.2 Å². The molecule has 130 valence electrons. The molecule has 0 saturated carbocycles. The number of ether oxygens (including phenoxy) is 1. The van der Waals surface area contributed by atoms with Crippen molar-refractivity contribution < 1.29 is 9.53 Å². The highest BCUT2D eigenvalue weighted by molar-refractivity contribution is 8.00. The molecule has 0 radical (unpaired) electrons. The number of amides is 1. The van der Waals surface area contributed by atoms with Crippen LogP contribution in [0.3, 0.4) is 0 Å². The maximum atomic E-state index is 12.2. The van der Waals surface area contributed by atoms with Crippen LogP contribution in [0.4, 0.5) is 5.13 Å². The summed E-state index contributed by atoms with van der Waals surface area (Å²) in [5.41, 5.74) is 0.795. The molecule has 25 heavy (non-hydrogen) atoms. The molecule has 0 bridgehead atoms. The lowest BCUT2D eigenvalue weighted by molar-refractivity contribution is -0.115. The number of hydrogen-bond donors (Lipinski definition) is 1. The first-order valence-electron chi connectivity index (χ1n) is 7.56. The average molecular weight is 376 g/mol. The summed E-state index contributed by atoms with van der Waals surface area (Å²) in [5.74, 6) is 0.630. The highest BCUT2D eigenvalue weighted by Crippen LogP contribution is 2.25. The first-order chi connectivity index (χ1) is 12.2. The molecule has 0 aliphatic carbocycles. The van der Waals surface area contributed by atoms with Gasteiger partial charge in [-0.25, -0.2) is 4.98 Å². The quantitative estimate of drug-likeness (QED) is 0.633. The van der Waals surface area contributed by atoms with Crippen LogP contribution in [-0.2, 0) is 4.79 Å². The number of thiazole rings is 1. The Labute approximate surface area is 152 Å². The minimum atomic E-state index is -0.378. The highest BCUT2D eigenvalue weighted by Gasteiger charge is 2.20. The number of nitrogens with zero attached hydrogens (tertiary/aromatic N) is 5. The summed E-state index contributed by atoms with van der Waals surface area (Å²) in [7, 11) is 0. The maximum Gasteiger partial charge on any atom is 0.239 e. The summed E-state index contributed by atoms with van der Waals surface area (Å²) in [6.45, 7) is 4.34. The van der Waals surface area contributed by atoms with Gasteiger partial charge >= 0.3 is 0 Å². The zero-order valence-corrected chi connectivity index (χ0v) is 15.3. The van der Waals surface area contributed by atoms with Gasteiger partial charge in [0.15, 0.2) is 5.13 Å². The third-order valence-corrected chi connectivity index (χ3v) is 4.87. The molecule has 3 rings (SSSR count). The van der Waals surface area contributed by atoms with Gasteiger partial charge < -0.3 is 10.1 Å². The Balaban J connectivity index is 1.69. The second-order valence-corrected chi connectivity index (χ2v) is 7.09. The van der Waals surface area contributed by atoms with E-state index < -0.39 is 0 Å². The van der Waals surface area contributed by atoms with E-state index >= 15 is 0 Å². The van der Waals surface area contributed by atoms with E-state index in [4.69, 9.17) is 4.74 Å². The molecule has 0 fully saturated rings. The van der Waals surface area contributed by atoms with Crippen LogP contribution >= 0.6 is 23.1 Å². The molecule has 1 atom stereocenters. The Bertz CT molecular complexity index is 819. The van der Waals surface area contributed by atoms with Gasteiger partial charge in [0.05, 0.1) is 17.5 Å². The molecule has 0 saturated heterocycles. The molecule has 0 aliphatic rings. The molecule has 1 N–H and O–H groups in total. The van der Waals surface area contributed by atoms with Crippen LogP contribution < -0.4 is 10.1 Å². The molecule has 10 heteroatoms. The SMILES string of the molecule is CCOc1ccc(-n2nnnc2SC(C)C(=O)Nc2nccs2)cc1. The molecule has 1 unspecified atom stereocenters. The van der Waals surface area contributed by atoms with Crippen molar-refractivity contribution in [2.45, 2.75) is 24.3 Å². The third kappa shape index (κ3) is 4.34. The van der Waals surface area contributed by atoms with Gasteiger partial charge in [-0.3, -0.25) is 4.79 Å². The van der Waals surface area contributed by atoms with Crippen molar-refractivity contribution in [3.05, 3.63) is 35.8 Å². The summed E-state index contributed by atoms with van der Waals surface area (Å²) in [5, 5.41) is 17.0. The lowest BCUT2D eigenvalue weighted by Gasteiger charge is -2.10. The van der Waals surface area contributed by atoms with Gasteiger partial charge in [0, 0.05) is 11.6 Å². The molecule has 8 nitrogen and oxygen atoms in total. The average Bonchev–Trinajstić information content (AvgIpc) is 3.28. The van der Waals surface area contributed by atoms with Gasteiger partial charge in [-0.15, -0.1) is 16.4 Å². The van der Waals surface area contributed by atoms with Crippen molar-refractivity contribution in [1.29, 1.82) is 0 Å². The Hall–Kier alpha value is -2.46. The van der Waals surface area contributed by atoms with Crippen molar-refractivity contribution in [2.24, 2.45) is 0 Å². The first kappa shape index (κ1) is 17.4.